The van der Waals surface area contributed by atoms with Crippen molar-refractivity contribution in [3.63, 3.8) is 0 Å². The summed E-state index contributed by atoms with van der Waals surface area (Å²) in [6.07, 6.45) is 0. The van der Waals surface area contributed by atoms with E-state index >= 15 is 0 Å². The molecular weight excluding hydrogens is 272 g/mol. The molecule has 0 aliphatic heterocycles. The monoisotopic (exact) mass is 294 g/mol. The fourth-order valence-corrected chi connectivity index (χ4v) is 3.22. The highest BCUT2D eigenvalue weighted by molar-refractivity contribution is 8.78. The molecule has 0 saturated carbocycles. The van der Waals surface area contributed by atoms with Gasteiger partial charge in [0.1, 0.15) is 9.49 Å². The predicted octanol–water partition coefficient (Wildman–Crippen LogP) is 3.05. The summed E-state index contributed by atoms with van der Waals surface area (Å²) in [5.74, 6) is -0.552. The summed E-state index contributed by atoms with van der Waals surface area (Å²) in [7, 11) is 2.66. The lowest BCUT2D eigenvalue weighted by atomic mass is 10.2. The van der Waals surface area contributed by atoms with Gasteiger partial charge in [-0.15, -0.1) is 0 Å². The van der Waals surface area contributed by atoms with Crippen LogP contribution in [-0.4, -0.2) is 34.6 Å². The summed E-state index contributed by atoms with van der Waals surface area (Å²) < 4.78 is 8.60. The van der Waals surface area contributed by atoms with Gasteiger partial charge in [-0.2, -0.15) is 0 Å². The maximum atomic E-state index is 11.7. The highest BCUT2D eigenvalue weighted by atomic mass is 33.1. The van der Waals surface area contributed by atoms with Gasteiger partial charge in [0.05, 0.1) is 13.2 Å². The van der Waals surface area contributed by atoms with Crippen molar-refractivity contribution in [2.24, 2.45) is 0 Å². The summed E-state index contributed by atoms with van der Waals surface area (Å²) >= 11 is 0. The number of rotatable bonds is 7. The fraction of sp³-hybridized carbons (Fsp3) is 0.833. The van der Waals surface area contributed by atoms with Crippen LogP contribution in [-0.2, 0) is 19.1 Å². The van der Waals surface area contributed by atoms with Gasteiger partial charge >= 0.3 is 11.9 Å². The van der Waals surface area contributed by atoms with E-state index in [0.29, 0.717) is 13.2 Å². The van der Waals surface area contributed by atoms with Gasteiger partial charge in [-0.05, 0) is 41.5 Å². The van der Waals surface area contributed by atoms with Gasteiger partial charge in [0, 0.05) is 0 Å². The molecule has 0 aliphatic carbocycles. The second kappa shape index (κ2) is 7.28. The molecular formula is C12H22O4S2. The second-order valence-corrected chi connectivity index (χ2v) is 8.00. The minimum atomic E-state index is -0.690. The quantitative estimate of drug-likeness (QED) is 0.531. The van der Waals surface area contributed by atoms with E-state index in [9.17, 15) is 9.59 Å². The lowest BCUT2D eigenvalue weighted by Crippen LogP contribution is -2.33. The molecule has 6 heteroatoms. The molecule has 0 fully saturated rings. The third-order valence-electron chi connectivity index (χ3n) is 1.99. The maximum Gasteiger partial charge on any atom is 0.322 e. The molecule has 0 heterocycles. The molecule has 0 unspecified atom stereocenters. The topological polar surface area (TPSA) is 52.6 Å². The van der Waals surface area contributed by atoms with Crippen molar-refractivity contribution in [2.45, 2.75) is 51.0 Å². The van der Waals surface area contributed by atoms with Crippen molar-refractivity contribution >= 4 is 33.5 Å². The van der Waals surface area contributed by atoms with Crippen LogP contribution in [0.4, 0.5) is 0 Å². The summed E-state index contributed by atoms with van der Waals surface area (Å²) in [5, 5.41) is 0. The molecule has 0 saturated heterocycles. The molecule has 4 nitrogen and oxygen atoms in total. The zero-order chi connectivity index (χ0) is 14.4. The first kappa shape index (κ1) is 17.6. The molecule has 0 aromatic rings. The zero-order valence-corrected chi connectivity index (χ0v) is 13.5. The van der Waals surface area contributed by atoms with E-state index in [-0.39, 0.29) is 11.9 Å². The zero-order valence-electron chi connectivity index (χ0n) is 11.9. The van der Waals surface area contributed by atoms with E-state index in [1.54, 1.807) is 41.5 Å². The van der Waals surface area contributed by atoms with Gasteiger partial charge in [-0.3, -0.25) is 9.59 Å². The molecule has 0 atom stereocenters. The minimum Gasteiger partial charge on any atom is -0.465 e. The molecule has 0 aromatic carbocycles. The first-order valence-electron chi connectivity index (χ1n) is 5.88. The lowest BCUT2D eigenvalue weighted by Gasteiger charge is -2.26. The van der Waals surface area contributed by atoms with E-state index in [1.165, 1.54) is 21.6 Å². The number of esters is 2. The Hall–Kier alpha value is -0.360. The standard InChI is InChI=1S/C12H22O4S2/c1-7-15-9(13)11(3,4)17-18-12(5,6)10(14)16-8-2/h7-8H2,1-6H3. The molecule has 0 spiro atoms. The van der Waals surface area contributed by atoms with E-state index < -0.39 is 9.49 Å². The Balaban J connectivity index is 4.46. The van der Waals surface area contributed by atoms with Crippen LogP contribution in [0.25, 0.3) is 0 Å². The molecule has 0 aliphatic rings. The molecule has 0 N–H and O–H groups in total. The number of hydrogen-bond acceptors (Lipinski definition) is 6. The Morgan fingerprint density at radius 3 is 1.33 bits per heavy atom. The first-order valence-corrected chi connectivity index (χ1v) is 8.03. The van der Waals surface area contributed by atoms with Crippen molar-refractivity contribution in [1.82, 2.24) is 0 Å². The van der Waals surface area contributed by atoms with Gasteiger partial charge in [-0.1, -0.05) is 21.6 Å². The largest absolute Gasteiger partial charge is 0.465 e. The van der Waals surface area contributed by atoms with Crippen molar-refractivity contribution < 1.29 is 19.1 Å². The molecule has 0 radical (unpaired) electrons. The predicted molar refractivity (Wildman–Crippen MR) is 76.6 cm³/mol. The normalized spacial score (nSPS) is 12.1. The molecule has 0 bridgehead atoms. The summed E-state index contributed by atoms with van der Waals surface area (Å²) in [4.78, 5) is 23.4. The first-order chi connectivity index (χ1) is 8.17. The fourth-order valence-electron chi connectivity index (χ4n) is 0.886. The summed E-state index contributed by atoms with van der Waals surface area (Å²) in [6, 6.07) is 0. The minimum absolute atomic E-state index is 0.276. The molecule has 0 aromatic heterocycles. The molecule has 0 amide bonds. The van der Waals surface area contributed by atoms with Gasteiger partial charge in [0.2, 0.25) is 0 Å². The summed E-state index contributed by atoms with van der Waals surface area (Å²) in [5.41, 5.74) is 0. The Labute approximate surface area is 117 Å². The van der Waals surface area contributed by atoms with Gasteiger partial charge < -0.3 is 9.47 Å². The van der Waals surface area contributed by atoms with E-state index in [4.69, 9.17) is 9.47 Å². The maximum absolute atomic E-state index is 11.7. The third kappa shape index (κ3) is 5.52. The van der Waals surface area contributed by atoms with Crippen molar-refractivity contribution in [3.05, 3.63) is 0 Å². The Morgan fingerprint density at radius 2 is 1.11 bits per heavy atom. The molecule has 0 rings (SSSR count). The third-order valence-corrected chi connectivity index (χ3v) is 5.99. The summed E-state index contributed by atoms with van der Waals surface area (Å²) in [6.45, 7) is 11.4. The number of ether oxygens (including phenoxy) is 2. The Bertz CT molecular complexity index is 270. The molecule has 18 heavy (non-hydrogen) atoms. The Morgan fingerprint density at radius 1 is 0.833 bits per heavy atom. The number of carbonyl (C=O) groups is 2. The number of hydrogen-bond donors (Lipinski definition) is 0. The van der Waals surface area contributed by atoms with Crippen molar-refractivity contribution in [1.29, 1.82) is 0 Å². The molecule has 106 valence electrons. The highest BCUT2D eigenvalue weighted by Gasteiger charge is 2.37. The van der Waals surface area contributed by atoms with Crippen LogP contribution in [0.15, 0.2) is 0 Å². The van der Waals surface area contributed by atoms with Crippen LogP contribution < -0.4 is 0 Å². The second-order valence-electron chi connectivity index (χ2n) is 4.63. The van der Waals surface area contributed by atoms with Crippen LogP contribution in [0.5, 0.6) is 0 Å². The van der Waals surface area contributed by atoms with Crippen LogP contribution in [0.2, 0.25) is 0 Å². The van der Waals surface area contributed by atoms with Crippen LogP contribution in [0.1, 0.15) is 41.5 Å². The smallest absolute Gasteiger partial charge is 0.322 e. The van der Waals surface area contributed by atoms with E-state index in [0.717, 1.165) is 0 Å². The SMILES string of the molecule is CCOC(=O)C(C)(C)SSC(C)(C)C(=O)OCC. The van der Waals surface area contributed by atoms with E-state index in [1.807, 2.05) is 0 Å². The van der Waals surface area contributed by atoms with Gasteiger partial charge in [-0.25, -0.2) is 0 Å². The lowest BCUT2D eigenvalue weighted by molar-refractivity contribution is -0.146. The van der Waals surface area contributed by atoms with Crippen LogP contribution in [0.3, 0.4) is 0 Å². The van der Waals surface area contributed by atoms with Gasteiger partial charge in [0.25, 0.3) is 0 Å². The highest BCUT2D eigenvalue weighted by Crippen LogP contribution is 2.44. The van der Waals surface area contributed by atoms with Crippen LogP contribution >= 0.6 is 21.6 Å². The average molecular weight is 294 g/mol. The van der Waals surface area contributed by atoms with Crippen LogP contribution in [0, 0.1) is 0 Å². The van der Waals surface area contributed by atoms with E-state index in [2.05, 4.69) is 0 Å². The number of carbonyl (C=O) groups excluding carboxylic acids is 2. The Kier molecular flexibility index (Phi) is 7.14. The van der Waals surface area contributed by atoms with Crippen molar-refractivity contribution in [3.8, 4) is 0 Å². The van der Waals surface area contributed by atoms with Crippen molar-refractivity contribution in [2.75, 3.05) is 13.2 Å². The van der Waals surface area contributed by atoms with Gasteiger partial charge in [0.15, 0.2) is 0 Å². The average Bonchev–Trinajstić information content (AvgIpc) is 2.27.